The molecule has 6 atom stereocenters. The van der Waals surface area contributed by atoms with Gasteiger partial charge in [0.25, 0.3) is 0 Å². The number of aliphatic hydroxyl groups excluding tert-OH is 3. The summed E-state index contributed by atoms with van der Waals surface area (Å²) in [4.78, 5) is 72.5. The van der Waals surface area contributed by atoms with Crippen molar-refractivity contribution >= 4 is 35.5 Å². The van der Waals surface area contributed by atoms with Crippen molar-refractivity contribution in [3.8, 4) is 0 Å². The number of hydrogen-bond acceptors (Lipinski definition) is 10. The van der Waals surface area contributed by atoms with Crippen LogP contribution in [0.4, 0.5) is 0 Å². The Morgan fingerprint density at radius 2 is 1.22 bits per heavy atom. The lowest BCUT2D eigenvalue weighted by Gasteiger charge is -2.26. The molecule has 36 heavy (non-hydrogen) atoms. The van der Waals surface area contributed by atoms with Crippen LogP contribution in [0.1, 0.15) is 33.6 Å². The van der Waals surface area contributed by atoms with Crippen LogP contribution in [-0.2, 0) is 28.8 Å². The van der Waals surface area contributed by atoms with Gasteiger partial charge < -0.3 is 53.2 Å². The number of carbonyl (C=O) groups excluding carboxylic acids is 5. The van der Waals surface area contributed by atoms with Crippen molar-refractivity contribution in [1.29, 1.82) is 0 Å². The van der Waals surface area contributed by atoms with Crippen LogP contribution in [0.15, 0.2) is 0 Å². The van der Waals surface area contributed by atoms with E-state index in [1.807, 2.05) is 5.32 Å². The topological polar surface area (TPSA) is 284 Å². The van der Waals surface area contributed by atoms with Crippen LogP contribution in [0, 0.1) is 5.92 Å². The van der Waals surface area contributed by atoms with E-state index in [4.69, 9.17) is 21.7 Å². The number of aliphatic hydroxyl groups is 3. The molecule has 206 valence electrons. The number of primary amides is 1. The van der Waals surface area contributed by atoms with Gasteiger partial charge in [0.05, 0.1) is 25.7 Å². The monoisotopic (exact) mass is 520 g/mol. The summed E-state index contributed by atoms with van der Waals surface area (Å²) in [6.07, 6.45) is -2.11. The van der Waals surface area contributed by atoms with E-state index in [9.17, 15) is 39.0 Å². The molecule has 16 nitrogen and oxygen atoms in total. The van der Waals surface area contributed by atoms with Crippen LogP contribution in [0.5, 0.6) is 0 Å². The predicted octanol–water partition coefficient (Wildman–Crippen LogP) is -5.38. The van der Waals surface area contributed by atoms with Crippen LogP contribution in [0.25, 0.3) is 0 Å². The number of carbonyl (C=O) groups is 6. The molecule has 0 heterocycles. The fourth-order valence-electron chi connectivity index (χ4n) is 2.86. The van der Waals surface area contributed by atoms with Gasteiger partial charge in [0.2, 0.25) is 29.5 Å². The van der Waals surface area contributed by atoms with Gasteiger partial charge in [-0.1, -0.05) is 13.8 Å². The normalized spacial score (nSPS) is 16.0. The van der Waals surface area contributed by atoms with Crippen molar-refractivity contribution in [2.45, 2.75) is 69.9 Å². The first kappa shape index (κ1) is 32.7. The summed E-state index contributed by atoms with van der Waals surface area (Å²) in [6, 6.07) is -7.58. The van der Waals surface area contributed by atoms with Crippen molar-refractivity contribution in [1.82, 2.24) is 21.3 Å². The zero-order valence-corrected chi connectivity index (χ0v) is 20.3. The maximum Gasteiger partial charge on any atom is 0.328 e. The van der Waals surface area contributed by atoms with Gasteiger partial charge in [-0.3, -0.25) is 24.0 Å². The minimum atomic E-state index is -1.71. The molecule has 0 fully saturated rings. The standard InChI is InChI=1S/C20H36N6O10/c1-8(2)4-11(24-18(33)12(5-14(22)30)23-16(31)10(21)6-27)17(32)25-13(7-28)19(34)26-15(9(3)29)20(35)36/h8-13,15,27-29H,4-7,21H2,1-3H3,(H2,22,30)(H,23,31)(H,24,33)(H,25,32)(H,26,34)(H,35,36)/t9-,10+,11+,12+,13+,15+/m1/s1. The van der Waals surface area contributed by atoms with Gasteiger partial charge in [-0.25, -0.2) is 4.79 Å². The lowest BCUT2D eigenvalue weighted by molar-refractivity contribution is -0.145. The van der Waals surface area contributed by atoms with Crippen molar-refractivity contribution in [3.05, 3.63) is 0 Å². The summed E-state index contributed by atoms with van der Waals surface area (Å²) in [5, 5.41) is 45.8. The average molecular weight is 521 g/mol. The number of nitrogens with two attached hydrogens (primary N) is 2. The number of hydrogen-bond donors (Lipinski definition) is 10. The molecule has 0 saturated carbocycles. The number of amides is 5. The van der Waals surface area contributed by atoms with E-state index >= 15 is 0 Å². The molecule has 0 aromatic rings. The number of carboxylic acids is 1. The number of carboxylic acid groups (broad SMARTS) is 1. The summed E-state index contributed by atoms with van der Waals surface area (Å²) < 4.78 is 0. The Morgan fingerprint density at radius 3 is 1.64 bits per heavy atom. The van der Waals surface area contributed by atoms with Crippen LogP contribution in [0.3, 0.4) is 0 Å². The molecule has 0 rings (SSSR count). The number of nitrogens with one attached hydrogen (secondary N) is 4. The molecule has 5 amide bonds. The predicted molar refractivity (Wildman–Crippen MR) is 122 cm³/mol. The first-order valence-corrected chi connectivity index (χ1v) is 11.0. The van der Waals surface area contributed by atoms with Gasteiger partial charge in [-0.15, -0.1) is 0 Å². The molecular formula is C20H36N6O10. The number of aliphatic carboxylic acids is 1. The van der Waals surface area contributed by atoms with Gasteiger partial charge >= 0.3 is 5.97 Å². The van der Waals surface area contributed by atoms with Crippen LogP contribution >= 0.6 is 0 Å². The third-order valence-electron chi connectivity index (χ3n) is 4.77. The Hall–Kier alpha value is -3.34. The van der Waals surface area contributed by atoms with E-state index in [-0.39, 0.29) is 12.3 Å². The maximum atomic E-state index is 12.8. The zero-order chi connectivity index (χ0) is 28.2. The van der Waals surface area contributed by atoms with E-state index in [0.717, 1.165) is 6.92 Å². The lowest BCUT2D eigenvalue weighted by atomic mass is 10.0. The molecule has 0 aliphatic rings. The first-order valence-electron chi connectivity index (χ1n) is 11.0. The third kappa shape index (κ3) is 11.4. The summed E-state index contributed by atoms with van der Waals surface area (Å²) >= 11 is 0. The summed E-state index contributed by atoms with van der Waals surface area (Å²) in [5.41, 5.74) is 10.5. The van der Waals surface area contributed by atoms with Gasteiger partial charge in [-0.05, 0) is 19.3 Å². The lowest BCUT2D eigenvalue weighted by Crippen LogP contribution is -2.60. The molecule has 0 unspecified atom stereocenters. The Balaban J connectivity index is 5.62. The van der Waals surface area contributed by atoms with Gasteiger partial charge in [0.1, 0.15) is 24.2 Å². The average Bonchev–Trinajstić information content (AvgIpc) is 2.77. The molecule has 0 radical (unpaired) electrons. The molecule has 0 aliphatic carbocycles. The molecule has 0 aromatic heterocycles. The molecule has 16 heteroatoms. The maximum absolute atomic E-state index is 12.8. The highest BCUT2D eigenvalue weighted by Gasteiger charge is 2.33. The van der Waals surface area contributed by atoms with E-state index in [2.05, 4.69) is 16.0 Å². The van der Waals surface area contributed by atoms with E-state index < -0.39 is 91.5 Å². The van der Waals surface area contributed by atoms with Crippen molar-refractivity contribution < 1.29 is 49.2 Å². The second-order valence-corrected chi connectivity index (χ2v) is 8.52. The second-order valence-electron chi connectivity index (χ2n) is 8.52. The highest BCUT2D eigenvalue weighted by atomic mass is 16.4. The molecular weight excluding hydrogens is 484 g/mol. The summed E-state index contributed by atoms with van der Waals surface area (Å²) in [5.74, 6) is -6.67. The Kier molecular flexibility index (Phi) is 14.2. The third-order valence-corrected chi connectivity index (χ3v) is 4.77. The summed E-state index contributed by atoms with van der Waals surface area (Å²) in [7, 11) is 0. The minimum Gasteiger partial charge on any atom is -0.480 e. The first-order chi connectivity index (χ1) is 16.6. The SMILES string of the molecule is CC(C)C[C@H](NC(=O)[C@H](CC(N)=O)NC(=O)[C@@H](N)CO)C(=O)N[C@@H](CO)C(=O)N[C@H](C(=O)O)[C@@H](C)O. The van der Waals surface area contributed by atoms with Crippen molar-refractivity contribution in [3.63, 3.8) is 0 Å². The molecule has 0 aliphatic heterocycles. The molecule has 0 saturated heterocycles. The highest BCUT2D eigenvalue weighted by molar-refractivity contribution is 5.97. The molecule has 0 spiro atoms. The minimum absolute atomic E-state index is 0.0240. The summed E-state index contributed by atoms with van der Waals surface area (Å²) in [6.45, 7) is 2.87. The van der Waals surface area contributed by atoms with Crippen molar-refractivity contribution in [2.24, 2.45) is 17.4 Å². The van der Waals surface area contributed by atoms with E-state index in [0.29, 0.717) is 0 Å². The largest absolute Gasteiger partial charge is 0.480 e. The fourth-order valence-corrected chi connectivity index (χ4v) is 2.86. The van der Waals surface area contributed by atoms with Gasteiger partial charge in [0, 0.05) is 0 Å². The zero-order valence-electron chi connectivity index (χ0n) is 20.3. The molecule has 0 bridgehead atoms. The Bertz CT molecular complexity index is 806. The van der Waals surface area contributed by atoms with Crippen LogP contribution in [0.2, 0.25) is 0 Å². The Labute approximate surface area is 207 Å². The van der Waals surface area contributed by atoms with Gasteiger partial charge in [-0.2, -0.15) is 0 Å². The highest BCUT2D eigenvalue weighted by Crippen LogP contribution is 2.07. The molecule has 0 aromatic carbocycles. The van der Waals surface area contributed by atoms with E-state index in [1.165, 1.54) is 0 Å². The van der Waals surface area contributed by atoms with Crippen molar-refractivity contribution in [2.75, 3.05) is 13.2 Å². The van der Waals surface area contributed by atoms with Crippen LogP contribution in [-0.4, -0.2) is 105 Å². The van der Waals surface area contributed by atoms with Crippen LogP contribution < -0.4 is 32.7 Å². The second kappa shape index (κ2) is 15.6. The number of rotatable bonds is 16. The van der Waals surface area contributed by atoms with Gasteiger partial charge in [0.15, 0.2) is 6.04 Å². The Morgan fingerprint density at radius 1 is 0.750 bits per heavy atom. The fraction of sp³-hybridized carbons (Fsp3) is 0.700. The molecule has 12 N–H and O–H groups in total. The van der Waals surface area contributed by atoms with E-state index in [1.54, 1.807) is 13.8 Å². The quantitative estimate of drug-likeness (QED) is 0.0916. The smallest absolute Gasteiger partial charge is 0.328 e.